The maximum atomic E-state index is 13.2. The van der Waals surface area contributed by atoms with Crippen molar-refractivity contribution in [2.24, 2.45) is 17.8 Å². The summed E-state index contributed by atoms with van der Waals surface area (Å²) in [6.07, 6.45) is 3.65. The van der Waals surface area contributed by atoms with E-state index in [9.17, 15) is 29.7 Å². The van der Waals surface area contributed by atoms with Gasteiger partial charge in [0.2, 0.25) is 11.8 Å². The number of allylic oxidation sites excluding steroid dienone is 2. The fourth-order valence-electron chi connectivity index (χ4n) is 5.77. The lowest BCUT2D eigenvalue weighted by molar-refractivity contribution is -0.137. The molecule has 3 heterocycles. The van der Waals surface area contributed by atoms with E-state index in [0.717, 1.165) is 24.7 Å². The van der Waals surface area contributed by atoms with Crippen molar-refractivity contribution < 1.29 is 38.9 Å². The fraction of sp³-hybridized carbons (Fsp3) is 0.448. The Bertz CT molecular complexity index is 1270. The van der Waals surface area contributed by atoms with Crippen LogP contribution in [0.25, 0.3) is 11.6 Å². The molecule has 3 amide bonds. The van der Waals surface area contributed by atoms with E-state index in [1.54, 1.807) is 24.4 Å². The van der Waals surface area contributed by atoms with Crippen LogP contribution in [0.4, 0.5) is 4.79 Å². The van der Waals surface area contributed by atoms with Crippen LogP contribution in [0.2, 0.25) is 0 Å². The smallest absolute Gasteiger partial charge is 0.423 e. The second-order valence-electron chi connectivity index (χ2n) is 9.82. The zero-order chi connectivity index (χ0) is 28.1. The SMILES string of the molecule is CCCC1=C([C@H](O)CC/C(=C/c2ccc(CO)o2)c2ccccn2)[C@H](CO)[C@@H]2C(=O)N(C(=O)OC)C(=O)[C@@H]2C1. The number of furan rings is 1. The van der Waals surface area contributed by atoms with E-state index in [0.29, 0.717) is 40.5 Å². The first-order valence-corrected chi connectivity index (χ1v) is 13.1. The number of amides is 3. The first kappa shape index (κ1) is 28.4. The van der Waals surface area contributed by atoms with Crippen LogP contribution in [0.5, 0.6) is 0 Å². The number of ether oxygens (including phenoxy) is 1. The highest BCUT2D eigenvalue weighted by molar-refractivity contribution is 6.16. The van der Waals surface area contributed by atoms with Crippen LogP contribution in [-0.2, 0) is 20.9 Å². The molecule has 39 heavy (non-hydrogen) atoms. The van der Waals surface area contributed by atoms with Gasteiger partial charge in [0, 0.05) is 12.1 Å². The van der Waals surface area contributed by atoms with Crippen molar-refractivity contribution in [1.29, 1.82) is 0 Å². The van der Waals surface area contributed by atoms with Crippen molar-refractivity contribution in [2.75, 3.05) is 13.7 Å². The van der Waals surface area contributed by atoms with Crippen molar-refractivity contribution in [1.82, 2.24) is 9.88 Å². The van der Waals surface area contributed by atoms with E-state index >= 15 is 0 Å². The average Bonchev–Trinajstić information content (AvgIpc) is 3.51. The summed E-state index contributed by atoms with van der Waals surface area (Å²) in [6, 6.07) is 8.93. The number of imide groups is 3. The number of carbonyl (C=O) groups is 3. The summed E-state index contributed by atoms with van der Waals surface area (Å²) >= 11 is 0. The Kier molecular flexibility index (Phi) is 9.11. The molecule has 10 heteroatoms. The summed E-state index contributed by atoms with van der Waals surface area (Å²) in [5.74, 6) is -2.90. The Hall–Kier alpha value is -3.60. The standard InChI is InChI=1S/C29H34N2O8/c1-3-6-18-14-21-26(28(36)31(27(21)35)29(37)38-2)22(16-33)25(18)24(34)11-8-17(23-7-4-5-12-30-23)13-19-9-10-20(15-32)39-19/h4-5,7,9-10,12-13,21-22,24,26,32-34H,3,6,8,11,14-16H2,1-2H3/b17-13-/t21-,22+,24-,26-/m1/s1. The maximum Gasteiger partial charge on any atom is 0.423 e. The van der Waals surface area contributed by atoms with Gasteiger partial charge in [-0.2, -0.15) is 4.90 Å². The summed E-state index contributed by atoms with van der Waals surface area (Å²) < 4.78 is 10.3. The first-order chi connectivity index (χ1) is 18.8. The molecule has 4 rings (SSSR count). The minimum Gasteiger partial charge on any atom is -0.459 e. The molecule has 10 nitrogen and oxygen atoms in total. The minimum atomic E-state index is -1.04. The molecular weight excluding hydrogens is 504 g/mol. The highest BCUT2D eigenvalue weighted by Gasteiger charge is 2.57. The molecule has 0 radical (unpaired) electrons. The zero-order valence-electron chi connectivity index (χ0n) is 22.1. The van der Waals surface area contributed by atoms with Crippen molar-refractivity contribution in [3.8, 4) is 0 Å². The Balaban J connectivity index is 1.63. The van der Waals surface area contributed by atoms with Crippen LogP contribution in [0, 0.1) is 17.8 Å². The molecule has 3 N–H and O–H groups in total. The molecule has 1 saturated heterocycles. The van der Waals surface area contributed by atoms with Crippen molar-refractivity contribution in [2.45, 2.75) is 51.7 Å². The Labute approximate surface area is 226 Å². The quantitative estimate of drug-likeness (QED) is 0.306. The summed E-state index contributed by atoms with van der Waals surface area (Å²) in [5.41, 5.74) is 2.89. The third-order valence-electron chi connectivity index (χ3n) is 7.48. The molecular formula is C29H34N2O8. The van der Waals surface area contributed by atoms with Crippen LogP contribution in [0.3, 0.4) is 0 Å². The monoisotopic (exact) mass is 538 g/mol. The van der Waals surface area contributed by atoms with Crippen molar-refractivity contribution in [3.05, 3.63) is 64.9 Å². The van der Waals surface area contributed by atoms with Crippen LogP contribution < -0.4 is 0 Å². The number of aliphatic hydroxyl groups is 3. The maximum absolute atomic E-state index is 13.2. The van der Waals surface area contributed by atoms with Gasteiger partial charge in [0.25, 0.3) is 0 Å². The lowest BCUT2D eigenvalue weighted by atomic mass is 9.67. The number of pyridine rings is 1. The first-order valence-electron chi connectivity index (χ1n) is 13.1. The highest BCUT2D eigenvalue weighted by atomic mass is 16.5. The molecule has 0 bridgehead atoms. The molecule has 1 aliphatic heterocycles. The molecule has 1 fully saturated rings. The highest BCUT2D eigenvalue weighted by Crippen LogP contribution is 2.47. The summed E-state index contributed by atoms with van der Waals surface area (Å²) in [4.78, 5) is 43.3. The number of carbonyl (C=O) groups excluding carboxylic acids is 3. The van der Waals surface area contributed by atoms with Crippen LogP contribution in [0.15, 0.2) is 52.1 Å². The number of hydrogen-bond acceptors (Lipinski definition) is 9. The molecule has 2 aromatic heterocycles. The Morgan fingerprint density at radius 2 is 2.03 bits per heavy atom. The lowest BCUT2D eigenvalue weighted by Crippen LogP contribution is -2.40. The summed E-state index contributed by atoms with van der Waals surface area (Å²) in [7, 11) is 1.10. The third-order valence-corrected chi connectivity index (χ3v) is 7.48. The van der Waals surface area contributed by atoms with Gasteiger partial charge in [0.05, 0.1) is 37.4 Å². The van der Waals surface area contributed by atoms with Gasteiger partial charge >= 0.3 is 6.09 Å². The van der Waals surface area contributed by atoms with E-state index < -0.39 is 48.4 Å². The number of fused-ring (bicyclic) bond motifs is 1. The van der Waals surface area contributed by atoms with Crippen LogP contribution >= 0.6 is 0 Å². The molecule has 208 valence electrons. The number of hydrogen-bond donors (Lipinski definition) is 3. The lowest BCUT2D eigenvalue weighted by Gasteiger charge is -2.36. The van der Waals surface area contributed by atoms with Crippen molar-refractivity contribution >= 4 is 29.6 Å². The molecule has 0 saturated carbocycles. The molecule has 2 aromatic rings. The second kappa shape index (κ2) is 12.5. The fourth-order valence-corrected chi connectivity index (χ4v) is 5.77. The minimum absolute atomic E-state index is 0.223. The molecule has 0 spiro atoms. The molecule has 1 aliphatic carbocycles. The molecule has 4 atom stereocenters. The van der Waals surface area contributed by atoms with Gasteiger partial charge in [-0.05, 0) is 67.2 Å². The number of methoxy groups -OCH3 is 1. The zero-order valence-corrected chi connectivity index (χ0v) is 22.1. The predicted octanol–water partition coefficient (Wildman–Crippen LogP) is 3.33. The topological polar surface area (TPSA) is 150 Å². The van der Waals surface area contributed by atoms with Gasteiger partial charge in [0.1, 0.15) is 18.1 Å². The van der Waals surface area contributed by atoms with Gasteiger partial charge in [-0.15, -0.1) is 0 Å². The normalized spacial score (nSPS) is 22.3. The summed E-state index contributed by atoms with van der Waals surface area (Å²) in [5, 5.41) is 31.2. The average molecular weight is 539 g/mol. The third kappa shape index (κ3) is 5.73. The van der Waals surface area contributed by atoms with E-state index in [1.165, 1.54) is 0 Å². The van der Waals surface area contributed by atoms with Gasteiger partial charge in [-0.1, -0.05) is 25.0 Å². The molecule has 0 unspecified atom stereocenters. The van der Waals surface area contributed by atoms with E-state index in [2.05, 4.69) is 9.72 Å². The Morgan fingerprint density at radius 3 is 2.64 bits per heavy atom. The van der Waals surface area contributed by atoms with Gasteiger partial charge in [-0.25, -0.2) is 4.79 Å². The van der Waals surface area contributed by atoms with Crippen molar-refractivity contribution in [3.63, 3.8) is 0 Å². The number of aromatic nitrogens is 1. The number of rotatable bonds is 10. The van der Waals surface area contributed by atoms with E-state index in [-0.39, 0.29) is 19.4 Å². The second-order valence-corrected chi connectivity index (χ2v) is 9.82. The largest absolute Gasteiger partial charge is 0.459 e. The summed E-state index contributed by atoms with van der Waals surface area (Å²) in [6.45, 7) is 1.30. The van der Waals surface area contributed by atoms with Gasteiger partial charge in [0.15, 0.2) is 0 Å². The number of likely N-dealkylation sites (tertiary alicyclic amines) is 1. The van der Waals surface area contributed by atoms with Gasteiger partial charge < -0.3 is 24.5 Å². The van der Waals surface area contributed by atoms with E-state index in [4.69, 9.17) is 4.42 Å². The Morgan fingerprint density at radius 1 is 1.23 bits per heavy atom. The molecule has 0 aromatic carbocycles. The van der Waals surface area contributed by atoms with Gasteiger partial charge in [-0.3, -0.25) is 14.6 Å². The van der Waals surface area contributed by atoms with Crippen LogP contribution in [-0.4, -0.2) is 62.9 Å². The van der Waals surface area contributed by atoms with Crippen LogP contribution in [0.1, 0.15) is 56.2 Å². The van der Waals surface area contributed by atoms with E-state index in [1.807, 2.05) is 25.1 Å². The molecule has 2 aliphatic rings. The predicted molar refractivity (Wildman–Crippen MR) is 140 cm³/mol. The number of nitrogens with zero attached hydrogens (tertiary/aromatic N) is 2. The number of aliphatic hydroxyl groups excluding tert-OH is 3.